The molecule has 1 rings (SSSR count). The van der Waals surface area contributed by atoms with E-state index in [9.17, 15) is 9.59 Å². The summed E-state index contributed by atoms with van der Waals surface area (Å²) in [5.41, 5.74) is 0.613. The van der Waals surface area contributed by atoms with Gasteiger partial charge < -0.3 is 15.4 Å². The summed E-state index contributed by atoms with van der Waals surface area (Å²) in [6.45, 7) is 4.40. The first-order chi connectivity index (χ1) is 9.67. The van der Waals surface area contributed by atoms with Gasteiger partial charge in [0.15, 0.2) is 0 Å². The summed E-state index contributed by atoms with van der Waals surface area (Å²) < 4.78 is 5.41. The Morgan fingerprint density at radius 3 is 2.60 bits per heavy atom. The van der Waals surface area contributed by atoms with Gasteiger partial charge in [-0.05, 0) is 25.5 Å². The van der Waals surface area contributed by atoms with Gasteiger partial charge in [0.2, 0.25) is 11.8 Å². The van der Waals surface area contributed by atoms with Crippen LogP contribution in [0.2, 0.25) is 0 Å². The van der Waals surface area contributed by atoms with Crippen molar-refractivity contribution in [2.45, 2.75) is 33.1 Å². The number of amides is 2. The van der Waals surface area contributed by atoms with Gasteiger partial charge in [0.25, 0.3) is 0 Å². The van der Waals surface area contributed by atoms with E-state index in [0.717, 1.165) is 12.8 Å². The Labute approximate surface area is 119 Å². The zero-order chi connectivity index (χ0) is 14.8. The monoisotopic (exact) mass is 278 g/mol. The van der Waals surface area contributed by atoms with E-state index >= 15 is 0 Å². The Bertz CT molecular complexity index is 446. The molecule has 0 fully saturated rings. The van der Waals surface area contributed by atoms with Crippen LogP contribution in [-0.2, 0) is 9.59 Å². The summed E-state index contributed by atoms with van der Waals surface area (Å²) in [5.74, 6) is 0.266. The van der Waals surface area contributed by atoms with Crippen molar-refractivity contribution in [1.82, 2.24) is 5.32 Å². The Morgan fingerprint density at radius 1 is 1.15 bits per heavy atom. The Kier molecular flexibility index (Phi) is 7.17. The van der Waals surface area contributed by atoms with Crippen molar-refractivity contribution in [3.05, 3.63) is 24.3 Å². The van der Waals surface area contributed by atoms with E-state index in [0.29, 0.717) is 24.5 Å². The van der Waals surface area contributed by atoms with Crippen LogP contribution in [0.1, 0.15) is 33.1 Å². The van der Waals surface area contributed by atoms with Crippen LogP contribution in [0.25, 0.3) is 0 Å². The summed E-state index contributed by atoms with van der Waals surface area (Å²) in [6.07, 6.45) is 2.25. The van der Waals surface area contributed by atoms with Gasteiger partial charge >= 0.3 is 0 Å². The average molecular weight is 278 g/mol. The number of ether oxygens (including phenoxy) is 1. The van der Waals surface area contributed by atoms with Gasteiger partial charge in [0, 0.05) is 6.42 Å². The van der Waals surface area contributed by atoms with Crippen molar-refractivity contribution in [2.75, 3.05) is 18.5 Å². The molecule has 0 radical (unpaired) electrons. The smallest absolute Gasteiger partial charge is 0.243 e. The van der Waals surface area contributed by atoms with Crippen LogP contribution >= 0.6 is 0 Å². The molecule has 0 spiro atoms. The van der Waals surface area contributed by atoms with Gasteiger partial charge in [-0.3, -0.25) is 9.59 Å². The molecule has 0 bridgehead atoms. The summed E-state index contributed by atoms with van der Waals surface area (Å²) in [5, 5.41) is 5.33. The van der Waals surface area contributed by atoms with Gasteiger partial charge in [0.1, 0.15) is 5.75 Å². The number of para-hydroxylation sites is 2. The van der Waals surface area contributed by atoms with Gasteiger partial charge in [0.05, 0.1) is 18.8 Å². The molecule has 110 valence electrons. The first kappa shape index (κ1) is 16.0. The molecular formula is C15H22N2O3. The molecule has 1 aromatic rings. The van der Waals surface area contributed by atoms with E-state index in [1.165, 1.54) is 0 Å². The molecule has 0 saturated carbocycles. The van der Waals surface area contributed by atoms with E-state index < -0.39 is 0 Å². The van der Waals surface area contributed by atoms with Gasteiger partial charge in [-0.15, -0.1) is 0 Å². The molecule has 0 saturated heterocycles. The molecule has 0 unspecified atom stereocenters. The molecule has 1 aromatic carbocycles. The fourth-order valence-corrected chi connectivity index (χ4v) is 1.65. The predicted octanol–water partition coefficient (Wildman–Crippen LogP) is 2.33. The number of nitrogens with one attached hydrogen (secondary N) is 2. The molecule has 0 heterocycles. The highest BCUT2D eigenvalue weighted by Crippen LogP contribution is 2.23. The number of rotatable bonds is 8. The van der Waals surface area contributed by atoms with Crippen LogP contribution in [0.5, 0.6) is 5.75 Å². The van der Waals surface area contributed by atoms with Crippen molar-refractivity contribution in [2.24, 2.45) is 0 Å². The van der Waals surface area contributed by atoms with Crippen LogP contribution in [0.15, 0.2) is 24.3 Å². The molecule has 0 aliphatic heterocycles. The Morgan fingerprint density at radius 2 is 1.90 bits per heavy atom. The second-order valence-corrected chi connectivity index (χ2v) is 4.36. The number of carbonyl (C=O) groups excluding carboxylic acids is 2. The minimum Gasteiger partial charge on any atom is -0.492 e. The minimum absolute atomic E-state index is 0.0248. The summed E-state index contributed by atoms with van der Waals surface area (Å²) >= 11 is 0. The highest BCUT2D eigenvalue weighted by Gasteiger charge is 2.08. The number of unbranched alkanes of at least 4 members (excludes halogenated alkanes) is 1. The van der Waals surface area contributed by atoms with Gasteiger partial charge in [-0.2, -0.15) is 0 Å². The lowest BCUT2D eigenvalue weighted by Gasteiger charge is -2.11. The van der Waals surface area contributed by atoms with Crippen LogP contribution in [0, 0.1) is 0 Å². The topological polar surface area (TPSA) is 67.4 Å². The number of hydrogen-bond acceptors (Lipinski definition) is 3. The van der Waals surface area contributed by atoms with Gasteiger partial charge in [-0.1, -0.05) is 25.5 Å². The van der Waals surface area contributed by atoms with E-state index in [-0.39, 0.29) is 18.4 Å². The average Bonchev–Trinajstić information content (AvgIpc) is 2.45. The summed E-state index contributed by atoms with van der Waals surface area (Å²) in [4.78, 5) is 23.2. The zero-order valence-corrected chi connectivity index (χ0v) is 12.1. The second kappa shape index (κ2) is 8.96. The SMILES string of the molecule is CCCCC(=O)NCC(=O)Nc1ccccc1OCC. The highest BCUT2D eigenvalue weighted by molar-refractivity contribution is 5.95. The third-order valence-corrected chi connectivity index (χ3v) is 2.66. The number of benzene rings is 1. The van der Waals surface area contributed by atoms with E-state index in [4.69, 9.17) is 4.74 Å². The number of hydrogen-bond donors (Lipinski definition) is 2. The molecule has 0 aromatic heterocycles. The zero-order valence-electron chi connectivity index (χ0n) is 12.1. The minimum atomic E-state index is -0.262. The highest BCUT2D eigenvalue weighted by atomic mass is 16.5. The van der Waals surface area contributed by atoms with Crippen molar-refractivity contribution in [3.63, 3.8) is 0 Å². The molecule has 5 nitrogen and oxygen atoms in total. The lowest BCUT2D eigenvalue weighted by atomic mass is 10.2. The Hall–Kier alpha value is -2.04. The maximum atomic E-state index is 11.8. The molecule has 0 aliphatic rings. The molecule has 0 aliphatic carbocycles. The van der Waals surface area contributed by atoms with E-state index in [1.807, 2.05) is 26.0 Å². The maximum Gasteiger partial charge on any atom is 0.243 e. The van der Waals surface area contributed by atoms with E-state index in [2.05, 4.69) is 10.6 Å². The fraction of sp³-hybridized carbons (Fsp3) is 0.467. The molecule has 20 heavy (non-hydrogen) atoms. The maximum absolute atomic E-state index is 11.8. The molecule has 5 heteroatoms. The standard InChI is InChI=1S/C15H22N2O3/c1-3-5-10-14(18)16-11-15(19)17-12-8-6-7-9-13(12)20-4-2/h6-9H,3-5,10-11H2,1-2H3,(H,16,18)(H,17,19). The lowest BCUT2D eigenvalue weighted by molar-refractivity contribution is -0.124. The van der Waals surface area contributed by atoms with Crippen molar-refractivity contribution in [3.8, 4) is 5.75 Å². The molecule has 2 N–H and O–H groups in total. The fourth-order valence-electron chi connectivity index (χ4n) is 1.65. The first-order valence-electron chi connectivity index (χ1n) is 6.95. The molecule has 2 amide bonds. The van der Waals surface area contributed by atoms with Gasteiger partial charge in [-0.25, -0.2) is 0 Å². The molecular weight excluding hydrogens is 256 g/mol. The van der Waals surface area contributed by atoms with Crippen molar-refractivity contribution < 1.29 is 14.3 Å². The van der Waals surface area contributed by atoms with Crippen LogP contribution < -0.4 is 15.4 Å². The third-order valence-electron chi connectivity index (χ3n) is 2.66. The first-order valence-corrected chi connectivity index (χ1v) is 6.95. The quantitative estimate of drug-likeness (QED) is 0.767. The van der Waals surface area contributed by atoms with Crippen molar-refractivity contribution >= 4 is 17.5 Å². The number of anilines is 1. The third kappa shape index (κ3) is 5.73. The molecule has 0 atom stereocenters. The van der Waals surface area contributed by atoms with Crippen LogP contribution in [0.3, 0.4) is 0 Å². The van der Waals surface area contributed by atoms with Crippen molar-refractivity contribution in [1.29, 1.82) is 0 Å². The number of carbonyl (C=O) groups is 2. The summed E-state index contributed by atoms with van der Waals surface area (Å²) in [6, 6.07) is 7.21. The normalized spacial score (nSPS) is 9.90. The second-order valence-electron chi connectivity index (χ2n) is 4.36. The van der Waals surface area contributed by atoms with E-state index in [1.54, 1.807) is 12.1 Å². The predicted molar refractivity (Wildman–Crippen MR) is 78.8 cm³/mol. The summed E-state index contributed by atoms with van der Waals surface area (Å²) in [7, 11) is 0. The lowest BCUT2D eigenvalue weighted by Crippen LogP contribution is -2.32. The Balaban J connectivity index is 2.44. The van der Waals surface area contributed by atoms with Crippen LogP contribution in [0.4, 0.5) is 5.69 Å². The van der Waals surface area contributed by atoms with Crippen LogP contribution in [-0.4, -0.2) is 25.0 Å². The largest absolute Gasteiger partial charge is 0.492 e.